The van der Waals surface area contributed by atoms with Crippen LogP contribution in [0.1, 0.15) is 45.6 Å². The van der Waals surface area contributed by atoms with Gasteiger partial charge in [0.15, 0.2) is 0 Å². The first-order valence-corrected chi connectivity index (χ1v) is 10.8. The first kappa shape index (κ1) is 23.7. The fourth-order valence-corrected chi connectivity index (χ4v) is 3.13. The summed E-state index contributed by atoms with van der Waals surface area (Å²) < 4.78 is 5.68. The van der Waals surface area contributed by atoms with Crippen LogP contribution < -0.4 is 10.1 Å². The lowest BCUT2D eigenvalue weighted by Crippen LogP contribution is -2.49. The first-order chi connectivity index (χ1) is 14.4. The molecule has 0 heterocycles. The Morgan fingerprint density at radius 1 is 1.07 bits per heavy atom. The van der Waals surface area contributed by atoms with Gasteiger partial charge in [-0.1, -0.05) is 54.9 Å². The lowest BCUT2D eigenvalue weighted by molar-refractivity contribution is -0.141. The molecule has 2 rings (SSSR count). The highest BCUT2D eigenvalue weighted by molar-refractivity contribution is 6.31. The number of carbonyl (C=O) groups is 2. The van der Waals surface area contributed by atoms with E-state index in [4.69, 9.17) is 16.3 Å². The van der Waals surface area contributed by atoms with Gasteiger partial charge < -0.3 is 15.0 Å². The number of rotatable bonds is 11. The van der Waals surface area contributed by atoms with Crippen LogP contribution in [-0.4, -0.2) is 35.4 Å². The van der Waals surface area contributed by atoms with E-state index in [1.165, 1.54) is 0 Å². The third kappa shape index (κ3) is 7.38. The van der Waals surface area contributed by atoms with Crippen LogP contribution in [0.25, 0.3) is 0 Å². The van der Waals surface area contributed by atoms with Gasteiger partial charge >= 0.3 is 0 Å². The molecule has 2 aromatic carbocycles. The van der Waals surface area contributed by atoms with Gasteiger partial charge in [-0.3, -0.25) is 9.59 Å². The van der Waals surface area contributed by atoms with Crippen molar-refractivity contribution in [2.24, 2.45) is 0 Å². The highest BCUT2D eigenvalue weighted by Gasteiger charge is 2.27. The molecule has 0 fully saturated rings. The first-order valence-electron chi connectivity index (χ1n) is 10.4. The molecule has 0 aromatic heterocycles. The van der Waals surface area contributed by atoms with Crippen LogP contribution >= 0.6 is 11.6 Å². The van der Waals surface area contributed by atoms with E-state index in [0.717, 1.165) is 17.7 Å². The number of amides is 2. The topological polar surface area (TPSA) is 58.6 Å². The van der Waals surface area contributed by atoms with Crippen molar-refractivity contribution in [3.05, 3.63) is 65.2 Å². The van der Waals surface area contributed by atoms with Crippen LogP contribution in [0.3, 0.4) is 0 Å². The summed E-state index contributed by atoms with van der Waals surface area (Å²) in [5.41, 5.74) is 0.816. The molecule has 2 aromatic rings. The Bertz CT molecular complexity index is 813. The molecule has 162 valence electrons. The van der Waals surface area contributed by atoms with E-state index in [1.807, 2.05) is 62.4 Å². The zero-order chi connectivity index (χ0) is 21.9. The number of para-hydroxylation sites is 1. The van der Waals surface area contributed by atoms with Crippen molar-refractivity contribution in [1.29, 1.82) is 0 Å². The number of benzene rings is 2. The van der Waals surface area contributed by atoms with Crippen molar-refractivity contribution >= 4 is 23.4 Å². The van der Waals surface area contributed by atoms with E-state index < -0.39 is 6.04 Å². The maximum absolute atomic E-state index is 13.0. The Hall–Kier alpha value is -2.53. The van der Waals surface area contributed by atoms with E-state index in [1.54, 1.807) is 17.9 Å². The molecular formula is C24H31ClN2O3. The summed E-state index contributed by atoms with van der Waals surface area (Å²) in [5.74, 6) is 0.517. The van der Waals surface area contributed by atoms with Crippen LogP contribution in [0, 0.1) is 0 Å². The minimum atomic E-state index is -0.599. The molecule has 2 amide bonds. The quantitative estimate of drug-likeness (QED) is 0.519. The van der Waals surface area contributed by atoms with Crippen molar-refractivity contribution in [1.82, 2.24) is 10.2 Å². The van der Waals surface area contributed by atoms with E-state index in [0.29, 0.717) is 18.1 Å². The molecule has 0 radical (unpaired) electrons. The maximum Gasteiger partial charge on any atom is 0.242 e. The molecule has 0 saturated carbocycles. The van der Waals surface area contributed by atoms with Gasteiger partial charge in [0, 0.05) is 24.0 Å². The van der Waals surface area contributed by atoms with Crippen LogP contribution in [0.15, 0.2) is 54.6 Å². The van der Waals surface area contributed by atoms with Crippen molar-refractivity contribution in [2.45, 2.75) is 58.7 Å². The third-order valence-electron chi connectivity index (χ3n) is 5.01. The molecule has 30 heavy (non-hydrogen) atoms. The van der Waals surface area contributed by atoms with E-state index in [-0.39, 0.29) is 30.8 Å². The standard InChI is InChI=1S/C24H31ClN2O3/c1-4-18(2)26-24(29)19(3)27(17-20-11-8-9-14-22(20)25)23(28)15-10-16-30-21-12-6-5-7-13-21/h5-9,11-14,18-19H,4,10,15-17H2,1-3H3,(H,26,29)/t18-,19-/m0/s1. The normalized spacial score (nSPS) is 12.7. The summed E-state index contributed by atoms with van der Waals surface area (Å²) in [4.78, 5) is 27.3. The number of nitrogens with zero attached hydrogens (tertiary/aromatic N) is 1. The monoisotopic (exact) mass is 430 g/mol. The average Bonchev–Trinajstić information content (AvgIpc) is 2.76. The van der Waals surface area contributed by atoms with Crippen molar-refractivity contribution in [3.8, 4) is 5.75 Å². The van der Waals surface area contributed by atoms with Crippen molar-refractivity contribution < 1.29 is 14.3 Å². The summed E-state index contributed by atoms with van der Waals surface area (Å²) in [6.45, 7) is 6.43. The van der Waals surface area contributed by atoms with Gasteiger partial charge in [0.05, 0.1) is 6.61 Å². The van der Waals surface area contributed by atoms with Gasteiger partial charge in [0.1, 0.15) is 11.8 Å². The molecule has 0 aliphatic carbocycles. The SMILES string of the molecule is CC[C@H](C)NC(=O)[C@H](C)N(Cc1ccccc1Cl)C(=O)CCCOc1ccccc1. The number of hydrogen-bond donors (Lipinski definition) is 1. The largest absolute Gasteiger partial charge is 0.494 e. The van der Waals surface area contributed by atoms with Crippen LogP contribution in [0.4, 0.5) is 0 Å². The molecule has 2 atom stereocenters. The Labute approximate surface area is 184 Å². The van der Waals surface area contributed by atoms with E-state index >= 15 is 0 Å². The number of ether oxygens (including phenoxy) is 1. The molecule has 0 aliphatic heterocycles. The molecule has 0 bridgehead atoms. The van der Waals surface area contributed by atoms with E-state index in [2.05, 4.69) is 5.32 Å². The second kappa shape index (κ2) is 12.2. The highest BCUT2D eigenvalue weighted by Crippen LogP contribution is 2.19. The van der Waals surface area contributed by atoms with Gasteiger partial charge in [-0.25, -0.2) is 0 Å². The number of carbonyl (C=O) groups excluding carboxylic acids is 2. The second-order valence-corrected chi connectivity index (χ2v) is 7.78. The summed E-state index contributed by atoms with van der Waals surface area (Å²) in [5, 5.41) is 3.54. The molecule has 0 aliphatic rings. The summed E-state index contributed by atoms with van der Waals surface area (Å²) >= 11 is 6.30. The third-order valence-corrected chi connectivity index (χ3v) is 5.38. The minimum absolute atomic E-state index is 0.0523. The van der Waals surface area contributed by atoms with Crippen LogP contribution in [-0.2, 0) is 16.1 Å². The zero-order valence-electron chi connectivity index (χ0n) is 17.9. The predicted molar refractivity (Wildman–Crippen MR) is 121 cm³/mol. The zero-order valence-corrected chi connectivity index (χ0v) is 18.7. The molecule has 1 N–H and O–H groups in total. The van der Waals surface area contributed by atoms with Gasteiger partial charge in [-0.05, 0) is 50.5 Å². The van der Waals surface area contributed by atoms with Gasteiger partial charge in [0.25, 0.3) is 0 Å². The molecule has 5 nitrogen and oxygen atoms in total. The predicted octanol–water partition coefficient (Wildman–Crippen LogP) is 4.83. The Morgan fingerprint density at radius 2 is 1.73 bits per heavy atom. The lowest BCUT2D eigenvalue weighted by Gasteiger charge is -2.30. The van der Waals surface area contributed by atoms with E-state index in [9.17, 15) is 9.59 Å². The minimum Gasteiger partial charge on any atom is -0.494 e. The maximum atomic E-state index is 13.0. The molecular weight excluding hydrogens is 400 g/mol. The Morgan fingerprint density at radius 3 is 2.40 bits per heavy atom. The highest BCUT2D eigenvalue weighted by atomic mass is 35.5. The van der Waals surface area contributed by atoms with Gasteiger partial charge in [-0.15, -0.1) is 0 Å². The van der Waals surface area contributed by atoms with Crippen LogP contribution in [0.5, 0.6) is 5.75 Å². The lowest BCUT2D eigenvalue weighted by atomic mass is 10.1. The van der Waals surface area contributed by atoms with Gasteiger partial charge in [0.2, 0.25) is 11.8 Å². The Kier molecular flexibility index (Phi) is 9.68. The molecule has 0 unspecified atom stereocenters. The Balaban J connectivity index is 2.02. The summed E-state index contributed by atoms with van der Waals surface area (Å²) in [6, 6.07) is 16.3. The smallest absolute Gasteiger partial charge is 0.242 e. The summed E-state index contributed by atoms with van der Waals surface area (Å²) in [6.07, 6.45) is 1.68. The average molecular weight is 431 g/mol. The van der Waals surface area contributed by atoms with Crippen molar-refractivity contribution in [3.63, 3.8) is 0 Å². The number of hydrogen-bond acceptors (Lipinski definition) is 3. The fourth-order valence-electron chi connectivity index (χ4n) is 2.93. The molecule has 0 spiro atoms. The fraction of sp³-hybridized carbons (Fsp3) is 0.417. The van der Waals surface area contributed by atoms with Gasteiger partial charge in [-0.2, -0.15) is 0 Å². The summed E-state index contributed by atoms with van der Waals surface area (Å²) in [7, 11) is 0. The molecule has 6 heteroatoms. The number of nitrogens with one attached hydrogen (secondary N) is 1. The molecule has 0 saturated heterocycles. The van der Waals surface area contributed by atoms with Crippen molar-refractivity contribution in [2.75, 3.05) is 6.61 Å². The second-order valence-electron chi connectivity index (χ2n) is 7.37. The van der Waals surface area contributed by atoms with Crippen LogP contribution in [0.2, 0.25) is 5.02 Å². The number of halogens is 1.